The lowest BCUT2D eigenvalue weighted by atomic mass is 9.98. The summed E-state index contributed by atoms with van der Waals surface area (Å²) in [5.74, 6) is 1.25. The lowest BCUT2D eigenvalue weighted by Gasteiger charge is -2.31. The highest BCUT2D eigenvalue weighted by atomic mass is 16.5. The standard InChI is InChI=1S/C29H30N4O3/c1-36-28-14-21(8-9-27(28)34)17-31-13-10-26-23(19-31)16-25(29(35)32(26)18-20-6-7-20)22-4-2-5-24(15-22)33-12-3-11-30-33/h2-5,8-9,11-12,14-16,20,34H,6-7,10,13,17-19H2,1H3. The highest BCUT2D eigenvalue weighted by Gasteiger charge is 2.27. The van der Waals surface area contributed by atoms with Crippen molar-refractivity contribution in [2.75, 3.05) is 13.7 Å². The lowest BCUT2D eigenvalue weighted by molar-refractivity contribution is 0.239. The first-order chi connectivity index (χ1) is 17.6. The quantitative estimate of drug-likeness (QED) is 0.423. The minimum atomic E-state index is 0.106. The van der Waals surface area contributed by atoms with Gasteiger partial charge in [0.15, 0.2) is 11.5 Å². The van der Waals surface area contributed by atoms with Crippen molar-refractivity contribution >= 4 is 0 Å². The van der Waals surface area contributed by atoms with E-state index in [0.29, 0.717) is 11.7 Å². The van der Waals surface area contributed by atoms with Gasteiger partial charge in [0.1, 0.15) is 0 Å². The minimum absolute atomic E-state index is 0.106. The molecular weight excluding hydrogens is 452 g/mol. The molecule has 1 aliphatic heterocycles. The number of hydrogen-bond donors (Lipinski definition) is 1. The molecular formula is C29H30N4O3. The van der Waals surface area contributed by atoms with E-state index in [9.17, 15) is 9.90 Å². The third kappa shape index (κ3) is 4.42. The van der Waals surface area contributed by atoms with Crippen LogP contribution in [-0.4, -0.2) is 38.0 Å². The van der Waals surface area contributed by atoms with Gasteiger partial charge >= 0.3 is 0 Å². The van der Waals surface area contributed by atoms with Gasteiger partial charge in [-0.15, -0.1) is 0 Å². The fourth-order valence-corrected chi connectivity index (χ4v) is 5.19. The number of fused-ring (bicyclic) bond motifs is 1. The minimum Gasteiger partial charge on any atom is -0.504 e. The number of nitrogens with zero attached hydrogens (tertiary/aromatic N) is 4. The van der Waals surface area contributed by atoms with Crippen LogP contribution in [0.3, 0.4) is 0 Å². The van der Waals surface area contributed by atoms with Gasteiger partial charge < -0.3 is 14.4 Å². The number of phenols is 1. The van der Waals surface area contributed by atoms with Crippen LogP contribution in [0.4, 0.5) is 0 Å². The van der Waals surface area contributed by atoms with E-state index in [1.54, 1.807) is 19.4 Å². The van der Waals surface area contributed by atoms with Crippen LogP contribution in [0, 0.1) is 5.92 Å². The fourth-order valence-electron chi connectivity index (χ4n) is 5.19. The highest BCUT2D eigenvalue weighted by Crippen LogP contribution is 2.33. The zero-order valence-electron chi connectivity index (χ0n) is 20.4. The summed E-state index contributed by atoms with van der Waals surface area (Å²) < 4.78 is 9.17. The van der Waals surface area contributed by atoms with Gasteiger partial charge in [0.2, 0.25) is 0 Å². The highest BCUT2D eigenvalue weighted by molar-refractivity contribution is 5.66. The Labute approximate surface area is 210 Å². The smallest absolute Gasteiger partial charge is 0.258 e. The summed E-state index contributed by atoms with van der Waals surface area (Å²) >= 11 is 0. The van der Waals surface area contributed by atoms with Gasteiger partial charge in [0, 0.05) is 56.3 Å². The predicted octanol–water partition coefficient (Wildman–Crippen LogP) is 4.38. The number of aromatic hydroxyl groups is 1. The van der Waals surface area contributed by atoms with Crippen molar-refractivity contribution in [2.24, 2.45) is 5.92 Å². The van der Waals surface area contributed by atoms with Crippen molar-refractivity contribution in [3.05, 3.63) is 94.2 Å². The van der Waals surface area contributed by atoms with Gasteiger partial charge in [-0.3, -0.25) is 9.69 Å². The molecule has 1 aliphatic carbocycles. The summed E-state index contributed by atoms with van der Waals surface area (Å²) in [5, 5.41) is 14.3. The third-order valence-electron chi connectivity index (χ3n) is 7.26. The van der Waals surface area contributed by atoms with E-state index in [-0.39, 0.29) is 11.3 Å². The molecule has 1 saturated carbocycles. The summed E-state index contributed by atoms with van der Waals surface area (Å²) in [7, 11) is 1.57. The first kappa shape index (κ1) is 22.6. The first-order valence-electron chi connectivity index (χ1n) is 12.5. The van der Waals surface area contributed by atoms with Crippen LogP contribution < -0.4 is 10.3 Å². The number of pyridine rings is 1. The van der Waals surface area contributed by atoms with Crippen LogP contribution in [0.25, 0.3) is 16.8 Å². The largest absolute Gasteiger partial charge is 0.504 e. The van der Waals surface area contributed by atoms with E-state index in [1.165, 1.54) is 24.1 Å². The van der Waals surface area contributed by atoms with Crippen molar-refractivity contribution in [1.29, 1.82) is 0 Å². The molecule has 0 radical (unpaired) electrons. The van der Waals surface area contributed by atoms with Crippen molar-refractivity contribution in [3.63, 3.8) is 0 Å². The fraction of sp³-hybridized carbons (Fsp3) is 0.310. The Morgan fingerprint density at radius 1 is 1.11 bits per heavy atom. The number of phenolic OH excluding ortho intramolecular Hbond substituents is 1. The van der Waals surface area contributed by atoms with E-state index in [2.05, 4.69) is 20.6 Å². The number of ether oxygens (including phenoxy) is 1. The number of hydrogen-bond acceptors (Lipinski definition) is 5. The topological polar surface area (TPSA) is 72.5 Å². The molecule has 6 rings (SSSR count). The normalized spacial score (nSPS) is 15.6. The molecule has 0 spiro atoms. The second kappa shape index (κ2) is 9.32. The Morgan fingerprint density at radius 3 is 2.78 bits per heavy atom. The van der Waals surface area contributed by atoms with Gasteiger partial charge in [0.05, 0.1) is 12.8 Å². The Kier molecular flexibility index (Phi) is 5.85. The molecule has 0 bridgehead atoms. The molecule has 2 aromatic heterocycles. The SMILES string of the molecule is COc1cc(CN2CCc3c(cc(-c4cccc(-n5cccn5)c4)c(=O)n3CC3CC3)C2)ccc1O. The average molecular weight is 483 g/mol. The summed E-state index contributed by atoms with van der Waals surface area (Å²) in [5.41, 5.74) is 6.19. The molecule has 1 fully saturated rings. The van der Waals surface area contributed by atoms with Gasteiger partial charge in [-0.25, -0.2) is 4.68 Å². The Hall–Kier alpha value is -3.84. The van der Waals surface area contributed by atoms with Crippen LogP contribution in [0.5, 0.6) is 11.5 Å². The van der Waals surface area contributed by atoms with Crippen molar-refractivity contribution in [2.45, 2.75) is 38.9 Å². The molecule has 0 unspecified atom stereocenters. The number of rotatable bonds is 7. The Morgan fingerprint density at radius 2 is 2.00 bits per heavy atom. The molecule has 0 amide bonds. The van der Waals surface area contributed by atoms with Crippen LogP contribution in [0.1, 0.15) is 29.7 Å². The molecule has 7 nitrogen and oxygen atoms in total. The maximum atomic E-state index is 13.8. The predicted molar refractivity (Wildman–Crippen MR) is 138 cm³/mol. The van der Waals surface area contributed by atoms with Crippen molar-refractivity contribution in [3.8, 4) is 28.3 Å². The van der Waals surface area contributed by atoms with Crippen molar-refractivity contribution in [1.82, 2.24) is 19.2 Å². The molecule has 0 atom stereocenters. The molecule has 2 aliphatic rings. The van der Waals surface area contributed by atoms with Crippen LogP contribution in [0.15, 0.2) is 71.8 Å². The molecule has 4 aromatic rings. The van der Waals surface area contributed by atoms with E-state index in [0.717, 1.165) is 55.0 Å². The van der Waals surface area contributed by atoms with E-state index in [1.807, 2.05) is 53.3 Å². The molecule has 2 aromatic carbocycles. The third-order valence-corrected chi connectivity index (χ3v) is 7.26. The Balaban J connectivity index is 1.36. The maximum Gasteiger partial charge on any atom is 0.258 e. The monoisotopic (exact) mass is 482 g/mol. The van der Waals surface area contributed by atoms with E-state index < -0.39 is 0 Å². The van der Waals surface area contributed by atoms with Gasteiger partial charge in [-0.05, 0) is 71.8 Å². The van der Waals surface area contributed by atoms with E-state index in [4.69, 9.17) is 4.74 Å². The first-order valence-corrected chi connectivity index (χ1v) is 12.5. The van der Waals surface area contributed by atoms with Crippen LogP contribution in [-0.2, 0) is 26.1 Å². The van der Waals surface area contributed by atoms with Gasteiger partial charge in [0.25, 0.3) is 5.56 Å². The van der Waals surface area contributed by atoms with Gasteiger partial charge in [-0.1, -0.05) is 18.2 Å². The summed E-state index contributed by atoms with van der Waals surface area (Å²) in [4.78, 5) is 16.2. The van der Waals surface area contributed by atoms with Crippen LogP contribution >= 0.6 is 0 Å². The Bertz CT molecular complexity index is 1450. The molecule has 1 N–H and O–H groups in total. The average Bonchev–Trinajstić information content (AvgIpc) is 3.55. The zero-order chi connectivity index (χ0) is 24.6. The van der Waals surface area contributed by atoms with Crippen molar-refractivity contribution < 1.29 is 9.84 Å². The second-order valence-corrected chi connectivity index (χ2v) is 9.86. The molecule has 36 heavy (non-hydrogen) atoms. The molecule has 7 heteroatoms. The number of methoxy groups -OCH3 is 1. The van der Waals surface area contributed by atoms with Gasteiger partial charge in [-0.2, -0.15) is 5.10 Å². The molecule has 0 saturated heterocycles. The summed E-state index contributed by atoms with van der Waals surface area (Å²) in [6.45, 7) is 3.22. The molecule has 184 valence electrons. The zero-order valence-corrected chi connectivity index (χ0v) is 20.4. The molecule has 3 heterocycles. The van der Waals surface area contributed by atoms with E-state index >= 15 is 0 Å². The second-order valence-electron chi connectivity index (χ2n) is 9.86. The number of aromatic nitrogens is 3. The lowest BCUT2D eigenvalue weighted by Crippen LogP contribution is -2.36. The summed E-state index contributed by atoms with van der Waals surface area (Å²) in [6, 6.07) is 17.6. The number of benzene rings is 2. The maximum absolute atomic E-state index is 13.8. The summed E-state index contributed by atoms with van der Waals surface area (Å²) in [6.07, 6.45) is 6.92. The van der Waals surface area contributed by atoms with Crippen LogP contribution in [0.2, 0.25) is 0 Å².